The van der Waals surface area contributed by atoms with Gasteiger partial charge in [0.2, 0.25) is 9.84 Å². The van der Waals surface area contributed by atoms with Crippen LogP contribution in [-0.4, -0.2) is 54.8 Å². The van der Waals surface area contributed by atoms with Crippen LogP contribution in [0.5, 0.6) is 0 Å². The first-order valence-corrected chi connectivity index (χ1v) is 14.6. The summed E-state index contributed by atoms with van der Waals surface area (Å²) in [4.78, 5) is 18.6. The van der Waals surface area contributed by atoms with Crippen LogP contribution in [0.25, 0.3) is 0 Å². The van der Waals surface area contributed by atoms with Crippen molar-refractivity contribution < 1.29 is 48.3 Å². The van der Waals surface area contributed by atoms with Gasteiger partial charge < -0.3 is 4.90 Å². The first-order valence-electron chi connectivity index (χ1n) is 13.1. The van der Waals surface area contributed by atoms with Gasteiger partial charge in [0.15, 0.2) is 10.7 Å². The molecule has 2 aliphatic carbocycles. The Morgan fingerprint density at radius 1 is 0.927 bits per heavy atom. The number of fused-ring (bicyclic) bond motifs is 3. The number of carbonyl (C=O) groups is 1. The van der Waals surface area contributed by atoms with Gasteiger partial charge in [0.05, 0.1) is 6.04 Å². The number of alkyl halides is 8. The van der Waals surface area contributed by atoms with E-state index in [4.69, 9.17) is 0 Å². The molecule has 1 aromatic heterocycles. The SMILES string of the molecule is O=C(N1CCC2(S(=O)(=O)c3ccccn3)c3ccc(C(F)(C(F)(F)F)C(F)(F)F)cc3CCC12)C1(F)CCCCC1. The number of halogens is 8. The number of carbonyl (C=O) groups excluding carboxylic acids is 1. The summed E-state index contributed by atoms with van der Waals surface area (Å²) in [6, 6.07) is 4.32. The number of nitrogens with zero attached hydrogens (tertiary/aromatic N) is 2. The molecule has 2 heterocycles. The third-order valence-electron chi connectivity index (χ3n) is 8.75. The Morgan fingerprint density at radius 2 is 1.59 bits per heavy atom. The Labute approximate surface area is 230 Å². The fourth-order valence-electron chi connectivity index (χ4n) is 6.75. The summed E-state index contributed by atoms with van der Waals surface area (Å²) in [6.45, 7) is -0.208. The van der Waals surface area contributed by atoms with Crippen molar-refractivity contribution in [2.45, 2.75) is 90.9 Å². The average molecular weight is 611 g/mol. The number of aryl methyl sites for hydroxylation is 1. The van der Waals surface area contributed by atoms with Gasteiger partial charge in [0, 0.05) is 18.3 Å². The predicted molar refractivity (Wildman–Crippen MR) is 130 cm³/mol. The minimum absolute atomic E-state index is 0.0392. The number of rotatable bonds is 4. The maximum Gasteiger partial charge on any atom is 0.435 e. The van der Waals surface area contributed by atoms with E-state index in [0.717, 1.165) is 17.4 Å². The van der Waals surface area contributed by atoms with Crippen molar-refractivity contribution in [3.8, 4) is 0 Å². The molecule has 5 rings (SSSR count). The molecule has 41 heavy (non-hydrogen) atoms. The highest BCUT2D eigenvalue weighted by Gasteiger charge is 2.74. The minimum Gasteiger partial charge on any atom is -0.335 e. The summed E-state index contributed by atoms with van der Waals surface area (Å²) in [5.74, 6) is -0.878. The molecule has 1 saturated heterocycles. The number of benzene rings is 1. The van der Waals surface area contributed by atoms with E-state index in [1.807, 2.05) is 0 Å². The van der Waals surface area contributed by atoms with Crippen LogP contribution in [0.15, 0.2) is 47.6 Å². The molecule has 0 radical (unpaired) electrons. The van der Waals surface area contributed by atoms with Gasteiger partial charge in [0.25, 0.3) is 5.91 Å². The van der Waals surface area contributed by atoms with E-state index in [9.17, 15) is 43.9 Å². The molecule has 2 fully saturated rings. The molecule has 1 amide bonds. The van der Waals surface area contributed by atoms with Gasteiger partial charge in [-0.3, -0.25) is 4.79 Å². The van der Waals surface area contributed by atoms with Crippen molar-refractivity contribution in [2.75, 3.05) is 6.54 Å². The summed E-state index contributed by atoms with van der Waals surface area (Å²) in [5, 5.41) is -0.422. The first-order chi connectivity index (χ1) is 19.0. The van der Waals surface area contributed by atoms with Crippen LogP contribution in [0.4, 0.5) is 35.1 Å². The van der Waals surface area contributed by atoms with Gasteiger partial charge in [-0.15, -0.1) is 0 Å². The Hall–Kier alpha value is -2.77. The fourth-order valence-corrected chi connectivity index (χ4v) is 9.03. The second kappa shape index (κ2) is 9.63. The first kappa shape index (κ1) is 29.7. The number of pyridine rings is 1. The molecule has 224 valence electrons. The molecule has 1 aromatic carbocycles. The van der Waals surface area contributed by atoms with Crippen molar-refractivity contribution in [3.63, 3.8) is 0 Å². The highest BCUT2D eigenvalue weighted by atomic mass is 32.2. The Kier molecular flexibility index (Phi) is 6.98. The van der Waals surface area contributed by atoms with E-state index in [1.165, 1.54) is 24.4 Å². The zero-order valence-electron chi connectivity index (χ0n) is 21.5. The number of aromatic nitrogens is 1. The van der Waals surface area contributed by atoms with Crippen molar-refractivity contribution in [2.24, 2.45) is 0 Å². The molecule has 0 bridgehead atoms. The van der Waals surface area contributed by atoms with Crippen LogP contribution in [0, 0.1) is 0 Å². The monoisotopic (exact) mass is 610 g/mol. The molecule has 3 aliphatic rings. The smallest absolute Gasteiger partial charge is 0.335 e. The normalized spacial score (nSPS) is 25.0. The Bertz CT molecular complexity index is 1420. The Morgan fingerprint density at radius 3 is 2.17 bits per heavy atom. The van der Waals surface area contributed by atoms with Gasteiger partial charge >= 0.3 is 18.0 Å². The maximum absolute atomic E-state index is 15.8. The number of amides is 1. The standard InChI is InChI=1S/C27H26F8N2O3S/c28-23(11-3-1-4-12-23)22(38)37-15-13-24(41(39,40)21-6-2-5-14-36-21)19-9-8-18(16-17(19)7-10-20(24)37)25(29,26(30,31)32)27(33,34)35/h2,5-6,8-9,14,16,20H,1,3-4,7,10-13,15H2. The predicted octanol–water partition coefficient (Wildman–Crippen LogP) is 6.26. The van der Waals surface area contributed by atoms with Gasteiger partial charge in [-0.25, -0.2) is 22.2 Å². The lowest BCUT2D eigenvalue weighted by molar-refractivity contribution is -0.348. The van der Waals surface area contributed by atoms with E-state index in [-0.39, 0.29) is 49.8 Å². The van der Waals surface area contributed by atoms with Crippen LogP contribution < -0.4 is 0 Å². The van der Waals surface area contributed by atoms with Crippen LogP contribution in [0.3, 0.4) is 0 Å². The van der Waals surface area contributed by atoms with Crippen LogP contribution in [0.1, 0.15) is 61.6 Å². The second-order valence-corrected chi connectivity index (χ2v) is 13.1. The van der Waals surface area contributed by atoms with Crippen LogP contribution >= 0.6 is 0 Å². The molecule has 2 atom stereocenters. The minimum atomic E-state index is -6.35. The summed E-state index contributed by atoms with van der Waals surface area (Å²) in [6.07, 6.45) is -10.7. The Balaban J connectivity index is 1.68. The van der Waals surface area contributed by atoms with E-state index in [1.54, 1.807) is 0 Å². The maximum atomic E-state index is 15.8. The summed E-state index contributed by atoms with van der Waals surface area (Å²) >= 11 is 0. The molecule has 2 aromatic rings. The van der Waals surface area contributed by atoms with Crippen molar-refractivity contribution >= 4 is 15.7 Å². The highest BCUT2D eigenvalue weighted by Crippen LogP contribution is 2.57. The van der Waals surface area contributed by atoms with E-state index >= 15 is 4.39 Å². The number of sulfone groups is 1. The van der Waals surface area contributed by atoms with Gasteiger partial charge in [-0.2, -0.15) is 26.3 Å². The number of likely N-dealkylation sites (tertiary alicyclic amines) is 1. The lowest BCUT2D eigenvalue weighted by Gasteiger charge is -2.44. The molecule has 1 aliphatic heterocycles. The lowest BCUT2D eigenvalue weighted by Crippen LogP contribution is -2.56. The van der Waals surface area contributed by atoms with E-state index in [0.29, 0.717) is 25.0 Å². The summed E-state index contributed by atoms with van der Waals surface area (Å²) < 4.78 is 138. The quantitative estimate of drug-likeness (QED) is 0.384. The van der Waals surface area contributed by atoms with Crippen LogP contribution in [-0.2, 0) is 31.5 Å². The molecule has 14 heteroatoms. The molecule has 2 unspecified atom stereocenters. The zero-order valence-corrected chi connectivity index (χ0v) is 22.4. The lowest BCUT2D eigenvalue weighted by atomic mass is 9.76. The fraction of sp³-hybridized carbons (Fsp3) is 0.556. The summed E-state index contributed by atoms with van der Waals surface area (Å²) in [5.41, 5.74) is -10.0. The van der Waals surface area contributed by atoms with Gasteiger partial charge in [0.1, 0.15) is 4.75 Å². The molecule has 0 N–H and O–H groups in total. The van der Waals surface area contributed by atoms with Gasteiger partial charge in [-0.1, -0.05) is 30.7 Å². The topological polar surface area (TPSA) is 67.3 Å². The third-order valence-corrected chi connectivity index (χ3v) is 11.2. The highest BCUT2D eigenvalue weighted by molar-refractivity contribution is 7.92. The van der Waals surface area contributed by atoms with Crippen molar-refractivity contribution in [3.05, 3.63) is 59.3 Å². The molecule has 5 nitrogen and oxygen atoms in total. The van der Waals surface area contributed by atoms with Gasteiger partial charge in [-0.05, 0) is 68.2 Å². The van der Waals surface area contributed by atoms with Crippen LogP contribution in [0.2, 0.25) is 0 Å². The zero-order chi connectivity index (χ0) is 30.1. The number of hydrogen-bond acceptors (Lipinski definition) is 4. The number of hydrogen-bond donors (Lipinski definition) is 0. The molecule has 0 spiro atoms. The second-order valence-electron chi connectivity index (χ2n) is 10.9. The van der Waals surface area contributed by atoms with Crippen molar-refractivity contribution in [1.29, 1.82) is 0 Å². The molecule has 1 saturated carbocycles. The molecular weight excluding hydrogens is 584 g/mol. The summed E-state index contributed by atoms with van der Waals surface area (Å²) in [7, 11) is -4.56. The van der Waals surface area contributed by atoms with E-state index < -0.39 is 60.8 Å². The molecular formula is C27H26F8N2O3S. The average Bonchev–Trinajstić information content (AvgIpc) is 3.33. The van der Waals surface area contributed by atoms with Crippen molar-refractivity contribution in [1.82, 2.24) is 9.88 Å². The third kappa shape index (κ3) is 4.25. The van der Waals surface area contributed by atoms with E-state index in [2.05, 4.69) is 4.98 Å². The largest absolute Gasteiger partial charge is 0.435 e.